The molecule has 4 aromatic rings. The largest absolute Gasteiger partial charge is 0.496 e. The molecule has 0 aromatic heterocycles. The van der Waals surface area contributed by atoms with Crippen molar-refractivity contribution in [3.63, 3.8) is 0 Å². The van der Waals surface area contributed by atoms with Crippen molar-refractivity contribution in [2.24, 2.45) is 34.4 Å². The molecule has 0 saturated carbocycles. The smallest absolute Gasteiger partial charge is 0.341 e. The summed E-state index contributed by atoms with van der Waals surface area (Å²) >= 11 is 0. The SMILES string of the molecule is COc1ccc(NC(=O)[C@H](CCCCN)NC(=O)c2cc(NC(=O)[C@H](CCCCN)NC(=O)c3cc(NC(=O)[C@H](CCCCN)NC(=O)c4cc(NC(=O)[C@@H](N)CCCCN)ccc4OC)ccc3OC)ccc2OCC(=O)O)cc1C(N)=O. The van der Waals surface area contributed by atoms with Crippen LogP contribution in [0.4, 0.5) is 22.7 Å². The van der Waals surface area contributed by atoms with E-state index in [1.807, 2.05) is 0 Å². The van der Waals surface area contributed by atoms with Crippen LogP contribution in [0.2, 0.25) is 0 Å². The number of nitrogens with two attached hydrogens (primary N) is 6. The number of hydrogen-bond donors (Lipinski definition) is 14. The van der Waals surface area contributed by atoms with E-state index in [2.05, 4.69) is 37.2 Å². The summed E-state index contributed by atoms with van der Waals surface area (Å²) in [6.45, 7) is 0.479. The Labute approximate surface area is 486 Å². The monoisotopic (exact) mass is 1170 g/mol. The zero-order valence-corrected chi connectivity index (χ0v) is 47.5. The summed E-state index contributed by atoms with van der Waals surface area (Å²) in [5.74, 6) is -6.94. The van der Waals surface area contributed by atoms with Gasteiger partial charge in [-0.1, -0.05) is 6.42 Å². The van der Waals surface area contributed by atoms with Gasteiger partial charge < -0.3 is 95.7 Å². The molecule has 456 valence electrons. The third-order valence-electron chi connectivity index (χ3n) is 13.0. The van der Waals surface area contributed by atoms with Gasteiger partial charge in [-0.05, 0) is 170 Å². The molecule has 27 nitrogen and oxygen atoms in total. The molecule has 27 heteroatoms. The van der Waals surface area contributed by atoms with Crippen molar-refractivity contribution in [3.05, 3.63) is 95.1 Å². The maximum Gasteiger partial charge on any atom is 0.341 e. The molecule has 0 aliphatic heterocycles. The lowest BCUT2D eigenvalue weighted by Gasteiger charge is -2.22. The molecule has 8 amide bonds. The number of aliphatic carboxylic acids is 1. The molecule has 0 unspecified atom stereocenters. The highest BCUT2D eigenvalue weighted by Crippen LogP contribution is 2.28. The van der Waals surface area contributed by atoms with E-state index in [0.29, 0.717) is 70.9 Å². The van der Waals surface area contributed by atoms with Crippen LogP contribution in [0.3, 0.4) is 0 Å². The van der Waals surface area contributed by atoms with Gasteiger partial charge in [0.15, 0.2) is 6.61 Å². The van der Waals surface area contributed by atoms with Crippen LogP contribution in [0.5, 0.6) is 23.0 Å². The molecule has 20 N–H and O–H groups in total. The Hall–Kier alpha value is -8.89. The molecule has 0 heterocycles. The minimum absolute atomic E-state index is 0.00927. The van der Waals surface area contributed by atoms with Crippen LogP contribution in [-0.4, -0.2) is 137 Å². The average molecular weight is 1170 g/mol. The number of ether oxygens (including phenoxy) is 4. The van der Waals surface area contributed by atoms with Gasteiger partial charge in [0.25, 0.3) is 23.6 Å². The van der Waals surface area contributed by atoms with E-state index < -0.39 is 84.0 Å². The van der Waals surface area contributed by atoms with Gasteiger partial charge in [-0.2, -0.15) is 0 Å². The van der Waals surface area contributed by atoms with Crippen molar-refractivity contribution >= 4 is 76.0 Å². The van der Waals surface area contributed by atoms with Crippen LogP contribution in [0.1, 0.15) is 118 Å². The number of primary amides is 1. The Morgan fingerprint density at radius 1 is 0.429 bits per heavy atom. The first-order valence-electron chi connectivity index (χ1n) is 27.4. The first-order chi connectivity index (χ1) is 40.3. The fourth-order valence-electron chi connectivity index (χ4n) is 8.51. The van der Waals surface area contributed by atoms with Crippen LogP contribution < -0.4 is 90.6 Å². The van der Waals surface area contributed by atoms with Crippen molar-refractivity contribution in [1.82, 2.24) is 16.0 Å². The van der Waals surface area contributed by atoms with Crippen LogP contribution in [0.25, 0.3) is 0 Å². The molecule has 84 heavy (non-hydrogen) atoms. The Morgan fingerprint density at radius 3 is 1.05 bits per heavy atom. The molecule has 4 rings (SSSR count). The van der Waals surface area contributed by atoms with Crippen molar-refractivity contribution in [1.29, 1.82) is 0 Å². The molecular weight excluding hydrogens is 1090 g/mol. The number of unbranched alkanes of at least 4 members (excludes halogenated alkanes) is 4. The van der Waals surface area contributed by atoms with Gasteiger partial charge in [0.05, 0.1) is 49.6 Å². The van der Waals surface area contributed by atoms with Crippen molar-refractivity contribution in [2.75, 3.05) is 75.4 Å². The number of carbonyl (C=O) groups is 9. The number of nitrogens with one attached hydrogen (secondary N) is 7. The number of anilines is 4. The lowest BCUT2D eigenvalue weighted by molar-refractivity contribution is -0.139. The quantitative estimate of drug-likeness (QED) is 0.0288. The Morgan fingerprint density at radius 2 is 0.726 bits per heavy atom. The highest BCUT2D eigenvalue weighted by molar-refractivity contribution is 6.07. The highest BCUT2D eigenvalue weighted by Gasteiger charge is 2.29. The van der Waals surface area contributed by atoms with Crippen molar-refractivity contribution in [3.8, 4) is 23.0 Å². The van der Waals surface area contributed by atoms with Crippen LogP contribution >= 0.6 is 0 Å². The summed E-state index contributed by atoms with van der Waals surface area (Å²) in [6, 6.07) is 12.3. The molecule has 0 radical (unpaired) electrons. The predicted octanol–water partition coefficient (Wildman–Crippen LogP) is 2.27. The number of carbonyl (C=O) groups excluding carboxylic acids is 8. The minimum Gasteiger partial charge on any atom is -0.496 e. The fraction of sp³-hybridized carbons (Fsp3) is 0.421. The second kappa shape index (κ2) is 35.2. The molecule has 0 aliphatic carbocycles. The fourth-order valence-corrected chi connectivity index (χ4v) is 8.51. The minimum atomic E-state index is -1.36. The lowest BCUT2D eigenvalue weighted by Crippen LogP contribution is -2.44. The summed E-state index contributed by atoms with van der Waals surface area (Å²) in [7, 11) is 4.02. The summed E-state index contributed by atoms with van der Waals surface area (Å²) in [5.41, 5.74) is 34.6. The number of carboxylic acid groups (broad SMARTS) is 1. The van der Waals surface area contributed by atoms with Gasteiger partial charge >= 0.3 is 5.97 Å². The molecular formula is C57H79N13O14. The van der Waals surface area contributed by atoms with E-state index in [1.165, 1.54) is 88.1 Å². The maximum absolute atomic E-state index is 14.3. The maximum atomic E-state index is 14.3. The van der Waals surface area contributed by atoms with E-state index in [-0.39, 0.29) is 100 Å². The van der Waals surface area contributed by atoms with Gasteiger partial charge in [0.2, 0.25) is 23.6 Å². The Bertz CT molecular complexity index is 2930. The van der Waals surface area contributed by atoms with Crippen LogP contribution in [0.15, 0.2) is 72.8 Å². The van der Waals surface area contributed by atoms with Gasteiger partial charge in [-0.15, -0.1) is 0 Å². The molecule has 0 aliphatic rings. The number of amides is 8. The predicted molar refractivity (Wildman–Crippen MR) is 315 cm³/mol. The summed E-state index contributed by atoms with van der Waals surface area (Å²) < 4.78 is 21.6. The molecule has 0 saturated heterocycles. The standard InChI is InChI=1S/C57H79N13O14/c1-81-45-20-16-33(28-37(45)50(63)73)65-55(78)44(15-7-11-27-61)70-53(76)40-31-36(19-23-48(40)84-32-49(71)72)67-57(80)43(14-6-10-26-60)69-52(75)39-30-35(18-22-47(39)83-3)66-56(79)42(13-5-9-25-59)68-51(74)38-29-34(17-21-46(38)82-2)64-54(77)41(62)12-4-8-24-58/h16-23,28-31,41-44H,4-15,24-27,32,58-62H2,1-3H3,(H2,63,73)(H,64,77)(H,65,78)(H,66,79)(H,67,80)(H,68,74)(H,69,75)(H,70,76)(H,71,72)/t41-,42-,43-,44-/m0/s1. The summed E-state index contributed by atoms with van der Waals surface area (Å²) in [6.07, 6.45) is 4.77. The molecule has 0 bridgehead atoms. The first kappa shape index (κ1) is 67.6. The Kier molecular flexibility index (Phi) is 28.3. The van der Waals surface area contributed by atoms with E-state index >= 15 is 0 Å². The van der Waals surface area contributed by atoms with Gasteiger partial charge in [0.1, 0.15) is 41.1 Å². The normalized spacial score (nSPS) is 12.2. The molecule has 4 atom stereocenters. The number of benzene rings is 4. The topological polar surface area (TPSA) is 451 Å². The molecule has 0 spiro atoms. The van der Waals surface area contributed by atoms with Gasteiger partial charge in [-0.25, -0.2) is 4.79 Å². The van der Waals surface area contributed by atoms with E-state index in [1.54, 1.807) is 6.07 Å². The number of rotatable bonds is 37. The van der Waals surface area contributed by atoms with E-state index in [9.17, 15) is 48.3 Å². The third kappa shape index (κ3) is 21.1. The van der Waals surface area contributed by atoms with Crippen LogP contribution in [-0.2, 0) is 24.0 Å². The van der Waals surface area contributed by atoms with Crippen molar-refractivity contribution < 1.29 is 67.2 Å². The second-order valence-corrected chi connectivity index (χ2v) is 19.3. The average Bonchev–Trinajstić information content (AvgIpc) is 3.33. The number of carboxylic acids is 1. The van der Waals surface area contributed by atoms with Crippen molar-refractivity contribution in [2.45, 2.75) is 101 Å². The number of hydrogen-bond acceptors (Lipinski definition) is 18. The lowest BCUT2D eigenvalue weighted by atomic mass is 10.1. The van der Waals surface area contributed by atoms with E-state index in [4.69, 9.17) is 53.3 Å². The van der Waals surface area contributed by atoms with E-state index in [0.717, 1.165) is 0 Å². The summed E-state index contributed by atoms with van der Waals surface area (Å²) in [5, 5.41) is 28.4. The van der Waals surface area contributed by atoms with Gasteiger partial charge in [-0.3, -0.25) is 38.4 Å². The van der Waals surface area contributed by atoms with Crippen LogP contribution in [0, 0.1) is 0 Å². The summed E-state index contributed by atoms with van der Waals surface area (Å²) in [4.78, 5) is 121. The first-order valence-corrected chi connectivity index (χ1v) is 27.4. The molecule has 0 fully saturated rings. The zero-order valence-electron chi connectivity index (χ0n) is 47.5. The Balaban J connectivity index is 1.59. The molecule has 4 aromatic carbocycles. The second-order valence-electron chi connectivity index (χ2n) is 19.3. The zero-order chi connectivity index (χ0) is 61.7. The highest BCUT2D eigenvalue weighted by atomic mass is 16.5. The van der Waals surface area contributed by atoms with Gasteiger partial charge in [0, 0.05) is 22.7 Å². The number of methoxy groups -OCH3 is 3. The third-order valence-corrected chi connectivity index (χ3v) is 13.0.